The Kier molecular flexibility index (Phi) is 5.07. The van der Waals surface area contributed by atoms with Crippen molar-refractivity contribution in [2.75, 3.05) is 0 Å². The molecular formula is C14H16BrClN2O2. The van der Waals surface area contributed by atoms with E-state index in [1.807, 2.05) is 36.7 Å². The lowest BCUT2D eigenvalue weighted by Gasteiger charge is -2.11. The first-order valence-corrected chi connectivity index (χ1v) is 7.47. The highest BCUT2D eigenvalue weighted by atomic mass is 79.9. The van der Waals surface area contributed by atoms with Crippen molar-refractivity contribution in [1.29, 1.82) is 0 Å². The van der Waals surface area contributed by atoms with Crippen molar-refractivity contribution in [3.05, 3.63) is 44.6 Å². The Bertz CT molecular complexity index is 613. The largest absolute Gasteiger partial charge is 0.487 e. The molecule has 0 aliphatic heterocycles. The Balaban J connectivity index is 2.21. The van der Waals surface area contributed by atoms with Crippen molar-refractivity contribution in [3.8, 4) is 5.75 Å². The number of benzene rings is 1. The Morgan fingerprint density at radius 2 is 2.20 bits per heavy atom. The highest BCUT2D eigenvalue weighted by molar-refractivity contribution is 9.10. The maximum Gasteiger partial charge on any atom is 0.131 e. The zero-order valence-electron chi connectivity index (χ0n) is 11.4. The quantitative estimate of drug-likeness (QED) is 0.885. The van der Waals surface area contributed by atoms with Crippen LogP contribution in [0.3, 0.4) is 0 Å². The van der Waals surface area contributed by atoms with Crippen molar-refractivity contribution >= 4 is 27.5 Å². The molecule has 0 radical (unpaired) electrons. The van der Waals surface area contributed by atoms with E-state index in [1.54, 1.807) is 0 Å². The van der Waals surface area contributed by atoms with Crippen molar-refractivity contribution in [1.82, 2.24) is 9.78 Å². The molecule has 0 aliphatic carbocycles. The maximum atomic E-state index is 9.36. The fourth-order valence-corrected chi connectivity index (χ4v) is 2.56. The van der Waals surface area contributed by atoms with Crippen LogP contribution in [-0.2, 0) is 19.8 Å². The van der Waals surface area contributed by atoms with E-state index < -0.39 is 0 Å². The predicted molar refractivity (Wildman–Crippen MR) is 82.0 cm³/mol. The number of aliphatic hydroxyl groups excluding tert-OH is 1. The maximum absolute atomic E-state index is 9.36. The zero-order valence-corrected chi connectivity index (χ0v) is 13.7. The molecule has 20 heavy (non-hydrogen) atoms. The number of nitrogens with zero attached hydrogens (tertiary/aromatic N) is 2. The summed E-state index contributed by atoms with van der Waals surface area (Å²) in [5, 5.41) is 14.3. The van der Waals surface area contributed by atoms with Gasteiger partial charge in [0, 0.05) is 16.6 Å². The van der Waals surface area contributed by atoms with Gasteiger partial charge in [-0.2, -0.15) is 5.10 Å². The lowest BCUT2D eigenvalue weighted by Crippen LogP contribution is -2.07. The van der Waals surface area contributed by atoms with Crippen LogP contribution in [0, 0.1) is 6.92 Å². The normalized spacial score (nSPS) is 10.8. The Labute approximate surface area is 131 Å². The lowest BCUT2D eigenvalue weighted by molar-refractivity contribution is 0.254. The minimum absolute atomic E-state index is 0.0748. The molecule has 1 heterocycles. The van der Waals surface area contributed by atoms with Gasteiger partial charge in [0.1, 0.15) is 12.4 Å². The van der Waals surface area contributed by atoms with E-state index in [0.717, 1.165) is 28.0 Å². The number of halogens is 2. The van der Waals surface area contributed by atoms with Crippen LogP contribution in [0.25, 0.3) is 0 Å². The molecule has 0 atom stereocenters. The third-order valence-electron chi connectivity index (χ3n) is 3.01. The van der Waals surface area contributed by atoms with Gasteiger partial charge in [0.15, 0.2) is 0 Å². The van der Waals surface area contributed by atoms with Gasteiger partial charge < -0.3 is 9.84 Å². The van der Waals surface area contributed by atoms with Gasteiger partial charge in [0.05, 0.1) is 23.0 Å². The van der Waals surface area contributed by atoms with Gasteiger partial charge in [0.25, 0.3) is 0 Å². The molecule has 2 aromatic rings. The molecule has 1 aromatic carbocycles. The monoisotopic (exact) mass is 358 g/mol. The van der Waals surface area contributed by atoms with E-state index in [1.165, 1.54) is 0 Å². The Hall–Kier alpha value is -1.04. The van der Waals surface area contributed by atoms with Crippen LogP contribution in [0.15, 0.2) is 22.7 Å². The summed E-state index contributed by atoms with van der Waals surface area (Å²) in [7, 11) is 0. The molecule has 4 nitrogen and oxygen atoms in total. The number of aliphatic hydroxyl groups is 1. The second-order valence-corrected chi connectivity index (χ2v) is 5.65. The Morgan fingerprint density at radius 1 is 1.45 bits per heavy atom. The van der Waals surface area contributed by atoms with E-state index in [2.05, 4.69) is 21.0 Å². The van der Waals surface area contributed by atoms with Gasteiger partial charge in [-0.05, 0) is 32.0 Å². The molecule has 1 aromatic heterocycles. The van der Waals surface area contributed by atoms with E-state index in [9.17, 15) is 5.11 Å². The van der Waals surface area contributed by atoms with Crippen molar-refractivity contribution < 1.29 is 9.84 Å². The SMILES string of the molecule is CCn1nc(C)c(Cl)c1COc1ccc(Br)cc1CO. The molecule has 0 spiro atoms. The van der Waals surface area contributed by atoms with Gasteiger partial charge in [-0.3, -0.25) is 4.68 Å². The number of hydrogen-bond donors (Lipinski definition) is 1. The summed E-state index contributed by atoms with van der Waals surface area (Å²) in [6, 6.07) is 5.53. The molecule has 0 unspecified atom stereocenters. The minimum atomic E-state index is -0.0748. The van der Waals surface area contributed by atoms with Crippen LogP contribution >= 0.6 is 27.5 Å². The molecule has 0 fully saturated rings. The van der Waals surface area contributed by atoms with Crippen LogP contribution in [0.4, 0.5) is 0 Å². The lowest BCUT2D eigenvalue weighted by atomic mass is 10.2. The summed E-state index contributed by atoms with van der Waals surface area (Å²) in [4.78, 5) is 0. The summed E-state index contributed by atoms with van der Waals surface area (Å²) < 4.78 is 8.51. The number of rotatable bonds is 5. The van der Waals surface area contributed by atoms with E-state index in [0.29, 0.717) is 17.4 Å². The summed E-state index contributed by atoms with van der Waals surface area (Å²) in [6.07, 6.45) is 0. The third kappa shape index (κ3) is 3.16. The standard InChI is InChI=1S/C14H16BrClN2O2/c1-3-18-12(14(16)9(2)17-18)8-20-13-5-4-11(15)6-10(13)7-19/h4-6,19H,3,7-8H2,1-2H3. The summed E-state index contributed by atoms with van der Waals surface area (Å²) >= 11 is 9.61. The highest BCUT2D eigenvalue weighted by Gasteiger charge is 2.14. The second kappa shape index (κ2) is 6.61. The molecule has 6 heteroatoms. The smallest absolute Gasteiger partial charge is 0.131 e. The first kappa shape index (κ1) is 15.4. The summed E-state index contributed by atoms with van der Waals surface area (Å²) in [5.74, 6) is 0.647. The fraction of sp³-hybridized carbons (Fsp3) is 0.357. The van der Waals surface area contributed by atoms with Gasteiger partial charge in [-0.25, -0.2) is 0 Å². The van der Waals surface area contributed by atoms with Crippen LogP contribution in [0.2, 0.25) is 5.02 Å². The molecule has 2 rings (SSSR count). The number of aromatic nitrogens is 2. The average Bonchev–Trinajstić information content (AvgIpc) is 2.72. The first-order chi connectivity index (χ1) is 9.56. The van der Waals surface area contributed by atoms with Crippen molar-refractivity contribution in [3.63, 3.8) is 0 Å². The van der Waals surface area contributed by atoms with Gasteiger partial charge in [-0.1, -0.05) is 27.5 Å². The predicted octanol–water partition coefficient (Wildman–Crippen LogP) is 3.70. The summed E-state index contributed by atoms with van der Waals surface area (Å²) in [5.41, 5.74) is 2.37. The van der Waals surface area contributed by atoms with Crippen molar-refractivity contribution in [2.45, 2.75) is 33.6 Å². The second-order valence-electron chi connectivity index (χ2n) is 4.36. The van der Waals surface area contributed by atoms with Crippen LogP contribution in [-0.4, -0.2) is 14.9 Å². The number of aryl methyl sites for hydroxylation is 2. The fourth-order valence-electron chi connectivity index (χ4n) is 1.97. The average molecular weight is 360 g/mol. The molecule has 0 saturated carbocycles. The topological polar surface area (TPSA) is 47.3 Å². The minimum Gasteiger partial charge on any atom is -0.487 e. The highest BCUT2D eigenvalue weighted by Crippen LogP contribution is 2.26. The van der Waals surface area contributed by atoms with E-state index in [4.69, 9.17) is 16.3 Å². The van der Waals surface area contributed by atoms with Crippen LogP contribution < -0.4 is 4.74 Å². The van der Waals surface area contributed by atoms with Crippen LogP contribution in [0.1, 0.15) is 23.9 Å². The molecule has 108 valence electrons. The molecule has 0 bridgehead atoms. The van der Waals surface area contributed by atoms with Gasteiger partial charge >= 0.3 is 0 Å². The Morgan fingerprint density at radius 3 is 2.85 bits per heavy atom. The summed E-state index contributed by atoms with van der Waals surface area (Å²) in [6.45, 7) is 4.86. The van der Waals surface area contributed by atoms with Gasteiger partial charge in [-0.15, -0.1) is 0 Å². The number of ether oxygens (including phenoxy) is 1. The van der Waals surface area contributed by atoms with Crippen molar-refractivity contribution in [2.24, 2.45) is 0 Å². The molecule has 0 saturated heterocycles. The van der Waals surface area contributed by atoms with Gasteiger partial charge in [0.2, 0.25) is 0 Å². The zero-order chi connectivity index (χ0) is 14.7. The molecule has 0 aliphatic rings. The first-order valence-electron chi connectivity index (χ1n) is 6.30. The molecule has 1 N–H and O–H groups in total. The van der Waals surface area contributed by atoms with E-state index >= 15 is 0 Å². The third-order valence-corrected chi connectivity index (χ3v) is 3.99. The molecular weight excluding hydrogens is 344 g/mol. The molecule has 0 amide bonds. The van der Waals surface area contributed by atoms with Crippen LogP contribution in [0.5, 0.6) is 5.75 Å². The van der Waals surface area contributed by atoms with E-state index in [-0.39, 0.29) is 6.61 Å². The number of hydrogen-bond acceptors (Lipinski definition) is 3.